The van der Waals surface area contributed by atoms with Crippen LogP contribution in [0.1, 0.15) is 44.5 Å². The number of rotatable bonds is 4. The van der Waals surface area contributed by atoms with Crippen molar-refractivity contribution < 1.29 is 0 Å². The minimum Gasteiger partial charge on any atom is -0.283 e. The Hall–Kier alpha value is -1.96. The zero-order chi connectivity index (χ0) is 14.4. The molecule has 0 bridgehead atoms. The summed E-state index contributed by atoms with van der Waals surface area (Å²) in [6.45, 7) is 6.75. The topological polar surface area (TPSA) is 25.2 Å². The Labute approximate surface area is 121 Å². The van der Waals surface area contributed by atoms with E-state index in [-0.39, 0.29) is 11.5 Å². The zero-order valence-corrected chi connectivity index (χ0v) is 12.5. The maximum atomic E-state index is 4.76. The normalized spacial score (nSPS) is 13.6. The molecule has 20 heavy (non-hydrogen) atoms. The van der Waals surface area contributed by atoms with Gasteiger partial charge in [0.05, 0.1) is 11.7 Å². The first-order valence-corrected chi connectivity index (χ1v) is 7.04. The fraction of sp³-hybridized carbons (Fsp3) is 0.333. The summed E-state index contributed by atoms with van der Waals surface area (Å²) in [7, 11) is 0. The van der Waals surface area contributed by atoms with E-state index in [1.54, 1.807) is 6.20 Å². The molecular formula is C18H22N2. The van der Waals surface area contributed by atoms with Crippen molar-refractivity contribution in [3.05, 3.63) is 66.0 Å². The van der Waals surface area contributed by atoms with Crippen molar-refractivity contribution in [1.82, 2.24) is 4.98 Å². The first kappa shape index (κ1) is 14.4. The standard InChI is InChI=1S/C18H22N2/c1-18(2,3)13-17(15-9-5-4-6-10-15)20-14-16-11-7-8-12-19-16/h4-12,14,17H,13H2,1-3H3/b20-14+. The fourth-order valence-electron chi connectivity index (χ4n) is 2.13. The van der Waals surface area contributed by atoms with Crippen LogP contribution in [-0.4, -0.2) is 11.2 Å². The summed E-state index contributed by atoms with van der Waals surface area (Å²) in [4.78, 5) is 9.05. The molecule has 0 radical (unpaired) electrons. The highest BCUT2D eigenvalue weighted by Crippen LogP contribution is 2.31. The lowest BCUT2D eigenvalue weighted by atomic mass is 9.86. The van der Waals surface area contributed by atoms with Gasteiger partial charge >= 0.3 is 0 Å². The molecule has 0 amide bonds. The maximum absolute atomic E-state index is 4.76. The lowest BCUT2D eigenvalue weighted by Gasteiger charge is -2.23. The molecule has 2 nitrogen and oxygen atoms in total. The van der Waals surface area contributed by atoms with Gasteiger partial charge in [0.2, 0.25) is 0 Å². The molecule has 1 aromatic heterocycles. The van der Waals surface area contributed by atoms with E-state index in [2.05, 4.69) is 50.0 Å². The van der Waals surface area contributed by atoms with Gasteiger partial charge in [0.25, 0.3) is 0 Å². The van der Waals surface area contributed by atoms with E-state index in [1.807, 2.05) is 30.5 Å². The first-order valence-electron chi connectivity index (χ1n) is 7.04. The van der Waals surface area contributed by atoms with Gasteiger partial charge in [-0.1, -0.05) is 57.2 Å². The average molecular weight is 266 g/mol. The summed E-state index contributed by atoms with van der Waals surface area (Å²) in [6, 6.07) is 16.5. The van der Waals surface area contributed by atoms with E-state index >= 15 is 0 Å². The lowest BCUT2D eigenvalue weighted by molar-refractivity contribution is 0.344. The van der Waals surface area contributed by atoms with Gasteiger partial charge in [0.15, 0.2) is 0 Å². The SMILES string of the molecule is CC(C)(C)CC(/N=C/c1ccccn1)c1ccccc1. The van der Waals surface area contributed by atoms with Crippen molar-refractivity contribution in [2.24, 2.45) is 10.4 Å². The minimum atomic E-state index is 0.179. The highest BCUT2D eigenvalue weighted by atomic mass is 14.8. The Morgan fingerprint density at radius 2 is 1.75 bits per heavy atom. The average Bonchev–Trinajstić information content (AvgIpc) is 2.44. The molecular weight excluding hydrogens is 244 g/mol. The van der Waals surface area contributed by atoms with Crippen molar-refractivity contribution in [2.75, 3.05) is 0 Å². The molecule has 0 spiro atoms. The Balaban J connectivity index is 2.21. The van der Waals surface area contributed by atoms with Crippen LogP contribution in [0.5, 0.6) is 0 Å². The third kappa shape index (κ3) is 4.61. The molecule has 1 atom stereocenters. The number of aromatic nitrogens is 1. The number of pyridine rings is 1. The molecule has 2 aromatic rings. The van der Waals surface area contributed by atoms with Gasteiger partial charge in [-0.15, -0.1) is 0 Å². The van der Waals surface area contributed by atoms with Crippen LogP contribution in [0.4, 0.5) is 0 Å². The van der Waals surface area contributed by atoms with Crippen LogP contribution in [-0.2, 0) is 0 Å². The summed E-state index contributed by atoms with van der Waals surface area (Å²) in [6.07, 6.45) is 4.69. The zero-order valence-electron chi connectivity index (χ0n) is 12.5. The molecule has 0 aliphatic heterocycles. The van der Waals surface area contributed by atoms with Crippen molar-refractivity contribution in [3.8, 4) is 0 Å². The molecule has 1 aromatic carbocycles. The predicted octanol–water partition coefficient (Wildman–Crippen LogP) is 4.68. The summed E-state index contributed by atoms with van der Waals surface area (Å²) in [5, 5.41) is 0. The second-order valence-electron chi connectivity index (χ2n) is 6.22. The van der Waals surface area contributed by atoms with Crippen LogP contribution >= 0.6 is 0 Å². The quantitative estimate of drug-likeness (QED) is 0.738. The molecule has 0 aliphatic rings. The molecule has 2 rings (SSSR count). The highest BCUT2D eigenvalue weighted by molar-refractivity contribution is 5.76. The van der Waals surface area contributed by atoms with E-state index in [4.69, 9.17) is 4.99 Å². The summed E-state index contributed by atoms with van der Waals surface area (Å²) >= 11 is 0. The van der Waals surface area contributed by atoms with Gasteiger partial charge in [-0.2, -0.15) is 0 Å². The van der Waals surface area contributed by atoms with E-state index in [0.717, 1.165) is 12.1 Å². The van der Waals surface area contributed by atoms with Crippen LogP contribution in [0.25, 0.3) is 0 Å². The van der Waals surface area contributed by atoms with Gasteiger partial charge < -0.3 is 0 Å². The maximum Gasteiger partial charge on any atom is 0.0808 e. The van der Waals surface area contributed by atoms with E-state index in [9.17, 15) is 0 Å². The van der Waals surface area contributed by atoms with Crippen molar-refractivity contribution in [3.63, 3.8) is 0 Å². The second kappa shape index (κ2) is 6.47. The largest absolute Gasteiger partial charge is 0.283 e. The Morgan fingerprint density at radius 1 is 1.05 bits per heavy atom. The summed E-state index contributed by atoms with van der Waals surface area (Å²) in [5.74, 6) is 0. The van der Waals surface area contributed by atoms with Crippen LogP contribution < -0.4 is 0 Å². The first-order chi connectivity index (χ1) is 9.54. The minimum absolute atomic E-state index is 0.179. The van der Waals surface area contributed by atoms with Crippen LogP contribution in [0.2, 0.25) is 0 Å². The summed E-state index contributed by atoms with van der Waals surface area (Å²) in [5.41, 5.74) is 2.40. The molecule has 0 N–H and O–H groups in total. The number of hydrogen-bond donors (Lipinski definition) is 0. The van der Waals surface area contributed by atoms with Gasteiger partial charge in [0, 0.05) is 12.4 Å². The van der Waals surface area contributed by atoms with Gasteiger partial charge in [0.1, 0.15) is 0 Å². The Kier molecular flexibility index (Phi) is 4.67. The molecule has 104 valence electrons. The van der Waals surface area contributed by atoms with Crippen LogP contribution in [0.15, 0.2) is 59.7 Å². The molecule has 0 fully saturated rings. The van der Waals surface area contributed by atoms with E-state index in [0.29, 0.717) is 0 Å². The molecule has 2 heteroatoms. The Bertz CT molecular complexity index is 539. The Morgan fingerprint density at radius 3 is 2.35 bits per heavy atom. The van der Waals surface area contributed by atoms with Crippen molar-refractivity contribution in [1.29, 1.82) is 0 Å². The third-order valence-electron chi connectivity index (χ3n) is 3.06. The number of hydrogen-bond acceptors (Lipinski definition) is 2. The lowest BCUT2D eigenvalue weighted by Crippen LogP contribution is -2.11. The van der Waals surface area contributed by atoms with Crippen molar-refractivity contribution in [2.45, 2.75) is 33.2 Å². The molecule has 0 saturated carbocycles. The van der Waals surface area contributed by atoms with Crippen molar-refractivity contribution >= 4 is 6.21 Å². The molecule has 0 saturated heterocycles. The smallest absolute Gasteiger partial charge is 0.0808 e. The summed E-state index contributed by atoms with van der Waals surface area (Å²) < 4.78 is 0. The van der Waals surface area contributed by atoms with E-state index < -0.39 is 0 Å². The predicted molar refractivity (Wildman–Crippen MR) is 85.1 cm³/mol. The molecule has 1 heterocycles. The number of aliphatic imine (C=N–C) groups is 1. The monoisotopic (exact) mass is 266 g/mol. The third-order valence-corrected chi connectivity index (χ3v) is 3.06. The number of nitrogens with zero attached hydrogens (tertiary/aromatic N) is 2. The van der Waals surface area contributed by atoms with Crippen LogP contribution in [0.3, 0.4) is 0 Å². The molecule has 0 aliphatic carbocycles. The van der Waals surface area contributed by atoms with Crippen LogP contribution in [0, 0.1) is 5.41 Å². The molecule has 1 unspecified atom stereocenters. The van der Waals surface area contributed by atoms with E-state index in [1.165, 1.54) is 5.56 Å². The fourth-order valence-corrected chi connectivity index (χ4v) is 2.13. The van der Waals surface area contributed by atoms with Gasteiger partial charge in [-0.05, 0) is 29.5 Å². The number of benzene rings is 1. The highest BCUT2D eigenvalue weighted by Gasteiger charge is 2.19. The second-order valence-corrected chi connectivity index (χ2v) is 6.22. The van der Waals surface area contributed by atoms with Gasteiger partial charge in [-0.25, -0.2) is 0 Å². The van der Waals surface area contributed by atoms with Gasteiger partial charge in [-0.3, -0.25) is 9.98 Å².